The number of hydrogen-bond donors (Lipinski definition) is 4. The van der Waals surface area contributed by atoms with Crippen molar-refractivity contribution < 1.29 is 75.7 Å². The van der Waals surface area contributed by atoms with E-state index in [4.69, 9.17) is 4.84 Å². The van der Waals surface area contributed by atoms with Gasteiger partial charge < -0.3 is 9.74 Å². The number of amides is 2. The molecule has 356 valence electrons. The van der Waals surface area contributed by atoms with Gasteiger partial charge in [0, 0.05) is 66.7 Å². The van der Waals surface area contributed by atoms with E-state index in [1.54, 1.807) is 36.4 Å². The zero-order valence-corrected chi connectivity index (χ0v) is 39.4. The lowest BCUT2D eigenvalue weighted by Gasteiger charge is -2.30. The molecule has 2 aromatic rings. The summed E-state index contributed by atoms with van der Waals surface area (Å²) in [6.45, 7) is 6.17. The Balaban J connectivity index is 1.47. The molecule has 1 saturated heterocycles. The van der Waals surface area contributed by atoms with Crippen molar-refractivity contribution in [2.24, 2.45) is 0 Å². The number of rotatable bonds is 22. The molecule has 0 saturated carbocycles. The van der Waals surface area contributed by atoms with Crippen molar-refractivity contribution in [3.63, 3.8) is 0 Å². The molecule has 19 nitrogen and oxygen atoms in total. The minimum Gasteiger partial charge on any atom is -0.344 e. The lowest BCUT2D eigenvalue weighted by molar-refractivity contribution is -0.438. The Bertz CT molecular complexity index is 2780. The third-order valence-electron chi connectivity index (χ3n) is 11.7. The summed E-state index contributed by atoms with van der Waals surface area (Å²) in [5.41, 5.74) is 2.05. The van der Waals surface area contributed by atoms with E-state index >= 15 is 0 Å². The van der Waals surface area contributed by atoms with E-state index in [9.17, 15) is 66.3 Å². The molecule has 0 spiro atoms. The SMILES string of the molecule is CC1(C)C(C=CC=CC=C2N(CCCCS(=O)(=O)O)c3ccc(S(=O)(=O)O)cc3C2(C)CCCCCC(=O)ON2C(=O)CCC2=O)=[N+](CCCCS(=O)(=O)O)c2ccc(S(=O)(=O)O)cc21. The first-order valence-electron chi connectivity index (χ1n) is 20.8. The normalized spacial score (nSPS) is 19.6. The number of unbranched alkanes of at least 4 members (excludes halogenated alkanes) is 4. The second kappa shape index (κ2) is 20.1. The average Bonchev–Trinajstić information content (AvgIpc) is 3.71. The molecule has 0 radical (unpaired) electrons. The molecule has 23 heteroatoms. The largest absolute Gasteiger partial charge is 0.344 e. The maximum absolute atomic E-state index is 12.5. The molecule has 0 aromatic heterocycles. The van der Waals surface area contributed by atoms with Gasteiger partial charge in [0.2, 0.25) is 5.69 Å². The highest BCUT2D eigenvalue weighted by molar-refractivity contribution is 7.86. The summed E-state index contributed by atoms with van der Waals surface area (Å²) in [5, 5.41) is 0.484. The lowest BCUT2D eigenvalue weighted by Crippen LogP contribution is -2.32. The summed E-state index contributed by atoms with van der Waals surface area (Å²) < 4.78 is 135. The van der Waals surface area contributed by atoms with Gasteiger partial charge in [-0.15, -0.1) is 5.06 Å². The summed E-state index contributed by atoms with van der Waals surface area (Å²) in [4.78, 5) is 42.5. The standard InChI is InChI=1S/C42H53N3O16S4/c1-41(2)32-28-30(64(55,56)57)17-19-34(32)43(24-10-12-26-62(49,50)51)36(41)14-6-4-7-15-37-42(3,23-9-5-8-16-40(48)61-45-38(46)21-22-39(45)47)33-29-31(65(58,59)60)18-20-35(33)44(37)25-11-13-27-63(52,53)54/h4,6-7,14-15,17-20,28-29H,5,8-13,16,21-27H2,1-3H3,(H3-,49,50,51,52,53,54,55,56,57,58,59,60)/p+1. The Morgan fingerprint density at radius 3 is 1.91 bits per heavy atom. The van der Waals surface area contributed by atoms with Gasteiger partial charge in [0.05, 0.1) is 26.7 Å². The molecule has 2 aromatic carbocycles. The van der Waals surface area contributed by atoms with Gasteiger partial charge in [-0.25, -0.2) is 4.79 Å². The Morgan fingerprint density at radius 2 is 1.31 bits per heavy atom. The van der Waals surface area contributed by atoms with E-state index in [-0.39, 0.29) is 48.4 Å². The summed E-state index contributed by atoms with van der Waals surface area (Å²) in [5.74, 6) is -2.86. The van der Waals surface area contributed by atoms with E-state index < -0.39 is 80.6 Å². The van der Waals surface area contributed by atoms with Crippen molar-refractivity contribution >= 4 is 75.3 Å². The predicted molar refractivity (Wildman–Crippen MR) is 238 cm³/mol. The molecule has 3 heterocycles. The number of hydrogen-bond acceptors (Lipinski definition) is 13. The number of anilines is 1. The summed E-state index contributed by atoms with van der Waals surface area (Å²) >= 11 is 0. The van der Waals surface area contributed by atoms with Crippen molar-refractivity contribution in [2.45, 2.75) is 112 Å². The molecular weight excluding hydrogens is 931 g/mol. The van der Waals surface area contributed by atoms with Crippen LogP contribution in [0.1, 0.15) is 103 Å². The maximum Gasteiger partial charge on any atom is 0.333 e. The van der Waals surface area contributed by atoms with Crippen LogP contribution >= 0.6 is 0 Å². The fraction of sp³-hybridized carbons (Fsp3) is 0.476. The molecule has 1 atom stereocenters. The maximum atomic E-state index is 12.5. The van der Waals surface area contributed by atoms with Crippen molar-refractivity contribution in [3.05, 3.63) is 83.6 Å². The summed E-state index contributed by atoms with van der Waals surface area (Å²) in [6.07, 6.45) is 11.3. The second-order valence-corrected chi connectivity index (χ2v) is 22.8. The topological polar surface area (TPSA) is 287 Å². The van der Waals surface area contributed by atoms with Crippen LogP contribution in [0.15, 0.2) is 82.3 Å². The van der Waals surface area contributed by atoms with E-state index in [0.717, 1.165) is 0 Å². The molecule has 0 bridgehead atoms. The van der Waals surface area contributed by atoms with Gasteiger partial charge in [0.15, 0.2) is 5.71 Å². The number of allylic oxidation sites excluding steroid dienone is 6. The number of nitrogens with zero attached hydrogens (tertiary/aromatic N) is 3. The van der Waals surface area contributed by atoms with Crippen LogP contribution in [0.2, 0.25) is 0 Å². The highest BCUT2D eigenvalue weighted by Crippen LogP contribution is 2.51. The van der Waals surface area contributed by atoms with Crippen LogP contribution in [-0.2, 0) is 70.5 Å². The number of carbonyl (C=O) groups is 3. The molecular formula is C42H54N3O16S4+. The van der Waals surface area contributed by atoms with E-state index in [2.05, 4.69) is 0 Å². The zero-order chi connectivity index (χ0) is 48.2. The molecule has 0 aliphatic carbocycles. The molecule has 2 amide bonds. The Labute approximate surface area is 379 Å². The van der Waals surface area contributed by atoms with Crippen molar-refractivity contribution in [1.82, 2.24) is 5.06 Å². The van der Waals surface area contributed by atoms with Crippen LogP contribution in [0.25, 0.3) is 0 Å². The summed E-state index contributed by atoms with van der Waals surface area (Å²) in [6, 6.07) is 8.41. The van der Waals surface area contributed by atoms with E-state index in [1.807, 2.05) is 36.3 Å². The van der Waals surface area contributed by atoms with Crippen LogP contribution in [0.3, 0.4) is 0 Å². The van der Waals surface area contributed by atoms with Gasteiger partial charge in [0.1, 0.15) is 6.54 Å². The highest BCUT2D eigenvalue weighted by Gasteiger charge is 2.46. The van der Waals surface area contributed by atoms with E-state index in [1.165, 1.54) is 24.3 Å². The van der Waals surface area contributed by atoms with Crippen LogP contribution in [0, 0.1) is 0 Å². The Kier molecular flexibility index (Phi) is 15.9. The zero-order valence-electron chi connectivity index (χ0n) is 36.1. The van der Waals surface area contributed by atoms with Crippen molar-refractivity contribution in [3.8, 4) is 0 Å². The van der Waals surface area contributed by atoms with Crippen molar-refractivity contribution in [2.75, 3.05) is 29.5 Å². The number of fused-ring (bicyclic) bond motifs is 2. The smallest absolute Gasteiger partial charge is 0.333 e. The molecule has 65 heavy (non-hydrogen) atoms. The van der Waals surface area contributed by atoms with Crippen LogP contribution < -0.4 is 4.90 Å². The molecule has 5 rings (SSSR count). The lowest BCUT2D eigenvalue weighted by atomic mass is 9.77. The molecule has 3 aliphatic rings. The molecule has 3 aliphatic heterocycles. The molecule has 1 unspecified atom stereocenters. The number of imide groups is 1. The molecule has 4 N–H and O–H groups in total. The first-order valence-corrected chi connectivity index (χ1v) is 26.9. The fourth-order valence-corrected chi connectivity index (χ4v) is 10.6. The van der Waals surface area contributed by atoms with E-state index in [0.29, 0.717) is 84.0 Å². The molecule has 1 fully saturated rings. The fourth-order valence-electron chi connectivity index (χ4n) is 8.45. The first-order chi connectivity index (χ1) is 30.1. The third-order valence-corrected chi connectivity index (χ3v) is 15.0. The highest BCUT2D eigenvalue weighted by atomic mass is 32.2. The van der Waals surface area contributed by atoms with Crippen LogP contribution in [0.4, 0.5) is 11.4 Å². The third kappa shape index (κ3) is 12.8. The number of carbonyl (C=O) groups excluding carboxylic acids is 3. The van der Waals surface area contributed by atoms with Crippen LogP contribution in [0.5, 0.6) is 0 Å². The summed E-state index contributed by atoms with van der Waals surface area (Å²) in [7, 11) is -17.6. The van der Waals surface area contributed by atoms with Gasteiger partial charge >= 0.3 is 5.97 Å². The Hall–Kier alpha value is -4.62. The quantitative estimate of drug-likeness (QED) is 0.0386. The van der Waals surface area contributed by atoms with Gasteiger partial charge in [-0.2, -0.15) is 38.2 Å². The number of hydroxylamine groups is 2. The van der Waals surface area contributed by atoms with Gasteiger partial charge in [0.25, 0.3) is 52.3 Å². The average molecular weight is 985 g/mol. The van der Waals surface area contributed by atoms with Gasteiger partial charge in [-0.1, -0.05) is 31.1 Å². The number of benzene rings is 2. The van der Waals surface area contributed by atoms with Gasteiger partial charge in [-0.3, -0.25) is 27.8 Å². The van der Waals surface area contributed by atoms with Gasteiger partial charge in [-0.05, 0) is 94.8 Å². The second-order valence-electron chi connectivity index (χ2n) is 16.8. The monoisotopic (exact) mass is 984 g/mol. The van der Waals surface area contributed by atoms with Crippen molar-refractivity contribution in [1.29, 1.82) is 0 Å². The predicted octanol–water partition coefficient (Wildman–Crippen LogP) is 5.22. The Morgan fingerprint density at radius 1 is 0.723 bits per heavy atom. The minimum atomic E-state index is -4.64. The minimum absolute atomic E-state index is 0.0396. The van der Waals surface area contributed by atoms with Crippen LogP contribution in [-0.4, -0.2) is 110 Å². The first kappa shape index (κ1) is 51.4.